The van der Waals surface area contributed by atoms with E-state index >= 15 is 0 Å². The van der Waals surface area contributed by atoms with Crippen molar-refractivity contribution in [1.29, 1.82) is 0 Å². The fourth-order valence-corrected chi connectivity index (χ4v) is 2.40. The predicted molar refractivity (Wildman–Crippen MR) is 68.1 cm³/mol. The molecular formula is C14H29N. The van der Waals surface area contributed by atoms with Crippen LogP contribution in [0.5, 0.6) is 0 Å². The summed E-state index contributed by atoms with van der Waals surface area (Å²) in [4.78, 5) is 0. The molecule has 1 heteroatoms. The van der Waals surface area contributed by atoms with Crippen molar-refractivity contribution in [3.8, 4) is 0 Å². The normalized spacial score (nSPS) is 26.6. The van der Waals surface area contributed by atoms with Crippen LogP contribution in [0.4, 0.5) is 0 Å². The van der Waals surface area contributed by atoms with E-state index in [1.165, 1.54) is 32.1 Å². The lowest BCUT2D eigenvalue weighted by molar-refractivity contribution is 0.151. The van der Waals surface area contributed by atoms with Crippen LogP contribution < -0.4 is 5.32 Å². The van der Waals surface area contributed by atoms with E-state index in [1.54, 1.807) is 0 Å². The van der Waals surface area contributed by atoms with Crippen molar-refractivity contribution < 1.29 is 0 Å². The molecule has 1 saturated carbocycles. The molecule has 0 saturated heterocycles. The third-order valence-corrected chi connectivity index (χ3v) is 4.29. The number of nitrogens with one attached hydrogen (secondary N) is 1. The van der Waals surface area contributed by atoms with Gasteiger partial charge < -0.3 is 5.32 Å². The Kier molecular flexibility index (Phi) is 4.22. The van der Waals surface area contributed by atoms with Crippen molar-refractivity contribution in [2.45, 2.75) is 72.8 Å². The fourth-order valence-electron chi connectivity index (χ4n) is 2.40. The molecule has 1 nitrogen and oxygen atoms in total. The molecule has 1 fully saturated rings. The van der Waals surface area contributed by atoms with Crippen LogP contribution in [0.2, 0.25) is 0 Å². The molecule has 0 aliphatic heterocycles. The molecule has 0 aromatic heterocycles. The van der Waals surface area contributed by atoms with E-state index in [9.17, 15) is 0 Å². The monoisotopic (exact) mass is 211 g/mol. The van der Waals surface area contributed by atoms with Crippen molar-refractivity contribution in [3.63, 3.8) is 0 Å². The van der Waals surface area contributed by atoms with Gasteiger partial charge in [-0.3, -0.25) is 0 Å². The lowest BCUT2D eigenvalue weighted by Crippen LogP contribution is -2.47. The van der Waals surface area contributed by atoms with E-state index in [2.05, 4.69) is 39.9 Å². The highest BCUT2D eigenvalue weighted by atomic mass is 14.9. The molecule has 1 unspecified atom stereocenters. The molecule has 0 aromatic rings. The highest BCUT2D eigenvalue weighted by molar-refractivity contribution is 4.89. The van der Waals surface area contributed by atoms with Crippen molar-refractivity contribution in [1.82, 2.24) is 5.32 Å². The Morgan fingerprint density at radius 3 is 2.47 bits per heavy atom. The Morgan fingerprint density at radius 2 is 1.93 bits per heavy atom. The van der Waals surface area contributed by atoms with Crippen LogP contribution in [-0.4, -0.2) is 12.6 Å². The molecule has 0 heterocycles. The molecule has 0 amide bonds. The van der Waals surface area contributed by atoms with Crippen molar-refractivity contribution in [2.24, 2.45) is 10.8 Å². The Morgan fingerprint density at radius 1 is 1.27 bits per heavy atom. The molecule has 1 N–H and O–H groups in total. The molecule has 15 heavy (non-hydrogen) atoms. The summed E-state index contributed by atoms with van der Waals surface area (Å²) >= 11 is 0. The first-order valence-corrected chi connectivity index (χ1v) is 6.61. The van der Waals surface area contributed by atoms with Crippen molar-refractivity contribution >= 4 is 0 Å². The van der Waals surface area contributed by atoms with E-state index in [1.807, 2.05) is 0 Å². The van der Waals surface area contributed by atoms with Gasteiger partial charge in [-0.25, -0.2) is 0 Å². The zero-order chi connectivity index (χ0) is 11.5. The summed E-state index contributed by atoms with van der Waals surface area (Å²) in [5.41, 5.74) is 0.954. The van der Waals surface area contributed by atoms with Gasteiger partial charge in [0.2, 0.25) is 0 Å². The van der Waals surface area contributed by atoms with E-state index in [4.69, 9.17) is 0 Å². The first kappa shape index (κ1) is 13.0. The van der Waals surface area contributed by atoms with Gasteiger partial charge in [-0.05, 0) is 30.1 Å². The van der Waals surface area contributed by atoms with Crippen LogP contribution in [0.15, 0.2) is 0 Å². The maximum absolute atomic E-state index is 3.80. The van der Waals surface area contributed by atoms with E-state index in [0.29, 0.717) is 10.8 Å². The van der Waals surface area contributed by atoms with Crippen LogP contribution in [-0.2, 0) is 0 Å². The standard InChI is InChI=1S/C14H29N/c1-6-13(2,3)11-15-12-9-7-8-10-14(12,4)5/h12,15H,6-11H2,1-5H3. The van der Waals surface area contributed by atoms with Gasteiger partial charge in [-0.2, -0.15) is 0 Å². The highest BCUT2D eigenvalue weighted by Gasteiger charge is 2.32. The SMILES string of the molecule is CCC(C)(C)CNC1CCCCC1(C)C. The fraction of sp³-hybridized carbons (Fsp3) is 1.00. The van der Waals surface area contributed by atoms with Gasteiger partial charge in [0.1, 0.15) is 0 Å². The van der Waals surface area contributed by atoms with Crippen LogP contribution in [0.1, 0.15) is 66.7 Å². The lowest BCUT2D eigenvalue weighted by atomic mass is 9.73. The van der Waals surface area contributed by atoms with Gasteiger partial charge in [-0.1, -0.05) is 47.5 Å². The zero-order valence-corrected chi connectivity index (χ0v) is 11.3. The van der Waals surface area contributed by atoms with Crippen LogP contribution >= 0.6 is 0 Å². The van der Waals surface area contributed by atoms with Gasteiger partial charge in [0.15, 0.2) is 0 Å². The predicted octanol–water partition coefficient (Wildman–Crippen LogP) is 3.98. The summed E-state index contributed by atoms with van der Waals surface area (Å²) in [6.45, 7) is 13.0. The molecule has 90 valence electrons. The second-order valence-electron chi connectivity index (χ2n) is 6.69. The molecule has 0 bridgehead atoms. The summed E-state index contributed by atoms with van der Waals surface area (Å²) in [5.74, 6) is 0. The van der Waals surface area contributed by atoms with Crippen LogP contribution in [0, 0.1) is 10.8 Å². The minimum absolute atomic E-state index is 0.452. The molecule has 1 rings (SSSR count). The van der Waals surface area contributed by atoms with Crippen LogP contribution in [0.25, 0.3) is 0 Å². The maximum atomic E-state index is 3.80. The molecular weight excluding hydrogens is 182 g/mol. The van der Waals surface area contributed by atoms with Gasteiger partial charge in [-0.15, -0.1) is 0 Å². The highest BCUT2D eigenvalue weighted by Crippen LogP contribution is 2.35. The van der Waals surface area contributed by atoms with Gasteiger partial charge in [0.25, 0.3) is 0 Å². The average Bonchev–Trinajstić information content (AvgIpc) is 2.16. The Hall–Kier alpha value is -0.0400. The molecule has 1 aliphatic rings. The number of rotatable bonds is 4. The second-order valence-corrected chi connectivity index (χ2v) is 6.69. The van der Waals surface area contributed by atoms with Gasteiger partial charge >= 0.3 is 0 Å². The number of hydrogen-bond acceptors (Lipinski definition) is 1. The van der Waals surface area contributed by atoms with Crippen molar-refractivity contribution in [3.05, 3.63) is 0 Å². The molecule has 0 radical (unpaired) electrons. The topological polar surface area (TPSA) is 12.0 Å². The van der Waals surface area contributed by atoms with E-state index < -0.39 is 0 Å². The third kappa shape index (κ3) is 3.79. The third-order valence-electron chi connectivity index (χ3n) is 4.29. The van der Waals surface area contributed by atoms with Crippen molar-refractivity contribution in [2.75, 3.05) is 6.54 Å². The lowest BCUT2D eigenvalue weighted by Gasteiger charge is -2.41. The first-order valence-electron chi connectivity index (χ1n) is 6.61. The van der Waals surface area contributed by atoms with Gasteiger partial charge in [0, 0.05) is 12.6 Å². The first-order chi connectivity index (χ1) is 6.87. The van der Waals surface area contributed by atoms with Gasteiger partial charge in [0.05, 0.1) is 0 Å². The second kappa shape index (κ2) is 4.86. The van der Waals surface area contributed by atoms with Crippen LogP contribution in [0.3, 0.4) is 0 Å². The Labute approximate surface area is 96.0 Å². The minimum Gasteiger partial charge on any atom is -0.313 e. The minimum atomic E-state index is 0.452. The molecule has 0 spiro atoms. The molecule has 0 aromatic carbocycles. The zero-order valence-electron chi connectivity index (χ0n) is 11.3. The summed E-state index contributed by atoms with van der Waals surface area (Å²) in [6, 6.07) is 0.733. The summed E-state index contributed by atoms with van der Waals surface area (Å²) in [6.07, 6.45) is 6.84. The van der Waals surface area contributed by atoms with E-state index in [0.717, 1.165) is 12.6 Å². The average molecular weight is 211 g/mol. The molecule has 1 aliphatic carbocycles. The Balaban J connectivity index is 2.43. The largest absolute Gasteiger partial charge is 0.313 e. The maximum Gasteiger partial charge on any atom is 0.0118 e. The Bertz CT molecular complexity index is 194. The summed E-state index contributed by atoms with van der Waals surface area (Å²) in [5, 5.41) is 3.80. The van der Waals surface area contributed by atoms with E-state index in [-0.39, 0.29) is 0 Å². The number of hydrogen-bond donors (Lipinski definition) is 1. The smallest absolute Gasteiger partial charge is 0.0118 e. The summed E-state index contributed by atoms with van der Waals surface area (Å²) < 4.78 is 0. The molecule has 1 atom stereocenters. The quantitative estimate of drug-likeness (QED) is 0.741. The summed E-state index contributed by atoms with van der Waals surface area (Å²) in [7, 11) is 0.